The zero-order chi connectivity index (χ0) is 9.42. The molecule has 0 bridgehead atoms. The standard InChI is InChI=1S/C9H6BrClS2/c10-7-3-8(12)6(4-11)5-1-2-13-9(5)7/h1-3,12H,4H2. The van der Waals surface area contributed by atoms with Crippen molar-refractivity contribution in [2.75, 3.05) is 0 Å². The number of hydrogen-bond donors (Lipinski definition) is 1. The van der Waals surface area contributed by atoms with Gasteiger partial charge in [0.15, 0.2) is 0 Å². The number of rotatable bonds is 1. The van der Waals surface area contributed by atoms with Gasteiger partial charge in [0.1, 0.15) is 0 Å². The molecule has 13 heavy (non-hydrogen) atoms. The molecule has 4 heteroatoms. The maximum atomic E-state index is 5.86. The Morgan fingerprint density at radius 1 is 1.54 bits per heavy atom. The smallest absolute Gasteiger partial charge is 0.0491 e. The first-order valence-corrected chi connectivity index (χ1v) is 6.33. The Kier molecular flexibility index (Phi) is 2.88. The van der Waals surface area contributed by atoms with Crippen LogP contribution in [0.3, 0.4) is 0 Å². The van der Waals surface area contributed by atoms with Gasteiger partial charge in [-0.05, 0) is 44.4 Å². The number of benzene rings is 1. The van der Waals surface area contributed by atoms with Crippen LogP contribution >= 0.6 is 51.5 Å². The fourth-order valence-corrected chi connectivity index (χ4v) is 3.72. The SMILES string of the molecule is Sc1cc(Br)c2sccc2c1CCl. The minimum Gasteiger partial charge on any atom is -0.143 e. The van der Waals surface area contributed by atoms with Crippen LogP contribution in [0, 0.1) is 0 Å². The summed E-state index contributed by atoms with van der Waals surface area (Å²) in [6, 6.07) is 4.09. The highest BCUT2D eigenvalue weighted by atomic mass is 79.9. The Labute approximate surface area is 99.4 Å². The average Bonchev–Trinajstić information content (AvgIpc) is 2.53. The Hall–Kier alpha value is 0.300. The van der Waals surface area contributed by atoms with Crippen LogP contribution in [0.5, 0.6) is 0 Å². The van der Waals surface area contributed by atoms with Crippen molar-refractivity contribution in [1.29, 1.82) is 0 Å². The summed E-state index contributed by atoms with van der Waals surface area (Å²) in [6.45, 7) is 0. The lowest BCUT2D eigenvalue weighted by Gasteiger charge is -2.04. The van der Waals surface area contributed by atoms with Gasteiger partial charge in [-0.2, -0.15) is 0 Å². The zero-order valence-corrected chi connectivity index (χ0v) is 10.6. The van der Waals surface area contributed by atoms with Crippen molar-refractivity contribution in [2.24, 2.45) is 0 Å². The zero-order valence-electron chi connectivity index (χ0n) is 6.55. The molecule has 0 fully saturated rings. The van der Waals surface area contributed by atoms with Crippen molar-refractivity contribution in [3.05, 3.63) is 27.5 Å². The summed E-state index contributed by atoms with van der Waals surface area (Å²) in [5.41, 5.74) is 1.12. The fraction of sp³-hybridized carbons (Fsp3) is 0.111. The molecule has 1 aromatic carbocycles. The third-order valence-electron chi connectivity index (χ3n) is 1.91. The number of thiophene rings is 1. The molecule has 0 nitrogen and oxygen atoms in total. The van der Waals surface area contributed by atoms with E-state index in [9.17, 15) is 0 Å². The van der Waals surface area contributed by atoms with Crippen LogP contribution in [0.1, 0.15) is 5.56 Å². The van der Waals surface area contributed by atoms with E-state index in [4.69, 9.17) is 11.6 Å². The van der Waals surface area contributed by atoms with E-state index in [0.29, 0.717) is 5.88 Å². The third kappa shape index (κ3) is 1.63. The van der Waals surface area contributed by atoms with E-state index in [-0.39, 0.29) is 0 Å². The molecule has 1 heterocycles. The minimum atomic E-state index is 0.513. The molecule has 0 spiro atoms. The Balaban J connectivity index is 2.88. The molecule has 0 N–H and O–H groups in total. The van der Waals surface area contributed by atoms with Crippen molar-refractivity contribution < 1.29 is 0 Å². The molecule has 1 aromatic heterocycles. The van der Waals surface area contributed by atoms with Gasteiger partial charge in [-0.15, -0.1) is 35.6 Å². The van der Waals surface area contributed by atoms with Gasteiger partial charge in [0.05, 0.1) is 0 Å². The number of hydrogen-bond acceptors (Lipinski definition) is 2. The third-order valence-corrected chi connectivity index (χ3v) is 4.42. The van der Waals surface area contributed by atoms with Crippen molar-refractivity contribution in [3.63, 3.8) is 0 Å². The molecule has 0 saturated heterocycles. The van der Waals surface area contributed by atoms with E-state index in [1.807, 2.05) is 6.07 Å². The maximum Gasteiger partial charge on any atom is 0.0491 e. The molecular formula is C9H6BrClS2. The molecule has 0 atom stereocenters. The van der Waals surface area contributed by atoms with Gasteiger partial charge in [0.2, 0.25) is 0 Å². The van der Waals surface area contributed by atoms with Crippen LogP contribution in [0.4, 0.5) is 0 Å². The number of thiol groups is 1. The molecule has 0 aliphatic rings. The molecule has 0 aliphatic heterocycles. The monoisotopic (exact) mass is 292 g/mol. The van der Waals surface area contributed by atoms with Crippen LogP contribution in [-0.4, -0.2) is 0 Å². The lowest BCUT2D eigenvalue weighted by molar-refractivity contribution is 1.31. The van der Waals surface area contributed by atoms with Gasteiger partial charge in [-0.1, -0.05) is 0 Å². The van der Waals surface area contributed by atoms with Gasteiger partial charge in [-0.3, -0.25) is 0 Å². The summed E-state index contributed by atoms with van der Waals surface area (Å²) in [6.07, 6.45) is 0. The molecule has 0 aliphatic carbocycles. The molecule has 68 valence electrons. The highest BCUT2D eigenvalue weighted by Crippen LogP contribution is 2.35. The largest absolute Gasteiger partial charge is 0.143 e. The van der Waals surface area contributed by atoms with E-state index < -0.39 is 0 Å². The molecule has 0 radical (unpaired) electrons. The molecule has 0 unspecified atom stereocenters. The first kappa shape index (κ1) is 9.84. The summed E-state index contributed by atoms with van der Waals surface area (Å²) < 4.78 is 2.34. The van der Waals surface area contributed by atoms with Crippen molar-refractivity contribution >= 4 is 61.6 Å². The minimum absolute atomic E-state index is 0.513. The first-order chi connectivity index (χ1) is 6.24. The highest BCUT2D eigenvalue weighted by molar-refractivity contribution is 9.10. The fourth-order valence-electron chi connectivity index (χ4n) is 1.28. The number of fused-ring (bicyclic) bond motifs is 1. The maximum absolute atomic E-state index is 5.86. The predicted octanol–water partition coefficient (Wildman–Crippen LogP) is 4.69. The van der Waals surface area contributed by atoms with Crippen molar-refractivity contribution in [2.45, 2.75) is 10.8 Å². The number of alkyl halides is 1. The summed E-state index contributed by atoms with van der Waals surface area (Å²) in [7, 11) is 0. The predicted molar refractivity (Wildman–Crippen MR) is 66.3 cm³/mol. The topological polar surface area (TPSA) is 0 Å². The van der Waals surface area contributed by atoms with Gasteiger partial charge in [-0.25, -0.2) is 0 Å². The molecular weight excluding hydrogens is 288 g/mol. The van der Waals surface area contributed by atoms with Gasteiger partial charge < -0.3 is 0 Å². The molecule has 0 amide bonds. The summed E-state index contributed by atoms with van der Waals surface area (Å²) in [5.74, 6) is 0.513. The summed E-state index contributed by atoms with van der Waals surface area (Å²) >= 11 is 15.5. The van der Waals surface area contributed by atoms with Gasteiger partial charge in [0, 0.05) is 19.9 Å². The highest BCUT2D eigenvalue weighted by Gasteiger charge is 2.08. The van der Waals surface area contributed by atoms with Crippen LogP contribution in [-0.2, 0) is 5.88 Å². The van der Waals surface area contributed by atoms with E-state index in [2.05, 4.69) is 40.0 Å². The lowest BCUT2D eigenvalue weighted by atomic mass is 10.1. The van der Waals surface area contributed by atoms with Crippen molar-refractivity contribution in [3.8, 4) is 0 Å². The first-order valence-electron chi connectivity index (χ1n) is 3.67. The molecule has 0 saturated carbocycles. The van der Waals surface area contributed by atoms with Crippen molar-refractivity contribution in [1.82, 2.24) is 0 Å². The van der Waals surface area contributed by atoms with Gasteiger partial charge in [0.25, 0.3) is 0 Å². The quantitative estimate of drug-likeness (QED) is 0.572. The van der Waals surface area contributed by atoms with Crippen LogP contribution in [0.2, 0.25) is 0 Å². The van der Waals surface area contributed by atoms with Gasteiger partial charge >= 0.3 is 0 Å². The Morgan fingerprint density at radius 3 is 3.00 bits per heavy atom. The van der Waals surface area contributed by atoms with E-state index in [1.54, 1.807) is 11.3 Å². The van der Waals surface area contributed by atoms with Crippen LogP contribution in [0.15, 0.2) is 26.9 Å². The number of halogens is 2. The summed E-state index contributed by atoms with van der Waals surface area (Å²) in [4.78, 5) is 0.952. The van der Waals surface area contributed by atoms with E-state index >= 15 is 0 Å². The van der Waals surface area contributed by atoms with Crippen LogP contribution < -0.4 is 0 Å². The van der Waals surface area contributed by atoms with E-state index in [0.717, 1.165) is 14.9 Å². The normalized spacial score (nSPS) is 11.0. The second-order valence-electron chi connectivity index (χ2n) is 2.65. The lowest BCUT2D eigenvalue weighted by Crippen LogP contribution is -1.82. The molecule has 2 aromatic rings. The van der Waals surface area contributed by atoms with Crippen LogP contribution in [0.25, 0.3) is 10.1 Å². The molecule has 2 rings (SSSR count). The Bertz CT molecular complexity index is 450. The van der Waals surface area contributed by atoms with E-state index in [1.165, 1.54) is 10.1 Å². The summed E-state index contributed by atoms with van der Waals surface area (Å²) in [5, 5.41) is 3.28. The second kappa shape index (κ2) is 3.81. The average molecular weight is 294 g/mol. The Morgan fingerprint density at radius 2 is 2.31 bits per heavy atom. The second-order valence-corrected chi connectivity index (χ2v) is 5.17.